The van der Waals surface area contributed by atoms with Crippen molar-refractivity contribution in [1.29, 1.82) is 10.5 Å². The van der Waals surface area contributed by atoms with Gasteiger partial charge < -0.3 is 10.2 Å². The van der Waals surface area contributed by atoms with Gasteiger partial charge in [0.05, 0.1) is 35.8 Å². The SMILES string of the molecule is CC[C@H](Nc1cc(-c2cnc(CC(=O)C3CC3)cn2)cnc1C#N)C(=O)N(C)CC#N. The maximum atomic E-state index is 12.6. The van der Waals surface area contributed by atoms with Gasteiger partial charge in [0.2, 0.25) is 5.91 Å². The summed E-state index contributed by atoms with van der Waals surface area (Å²) in [5.41, 5.74) is 2.35. The maximum Gasteiger partial charge on any atom is 0.245 e. The number of nitriles is 2. The number of hydrogen-bond acceptors (Lipinski definition) is 8. The minimum atomic E-state index is -0.607. The normalized spacial score (nSPS) is 13.5. The van der Waals surface area contributed by atoms with Crippen molar-refractivity contribution in [3.05, 3.63) is 36.0 Å². The topological polar surface area (TPSA) is 136 Å². The lowest BCUT2D eigenvalue weighted by Crippen LogP contribution is -2.40. The molecule has 3 rings (SSSR count). The lowest BCUT2D eigenvalue weighted by atomic mass is 10.1. The van der Waals surface area contributed by atoms with Crippen LogP contribution >= 0.6 is 0 Å². The number of carbonyl (C=O) groups excluding carboxylic acids is 2. The van der Waals surface area contributed by atoms with Gasteiger partial charge in [-0.05, 0) is 25.3 Å². The second-order valence-electron chi connectivity index (χ2n) is 7.50. The van der Waals surface area contributed by atoms with Gasteiger partial charge in [-0.1, -0.05) is 6.92 Å². The third-order valence-corrected chi connectivity index (χ3v) is 5.10. The Hall–Kier alpha value is -3.85. The highest BCUT2D eigenvalue weighted by atomic mass is 16.2. The molecule has 0 saturated heterocycles. The van der Waals surface area contributed by atoms with Crippen LogP contribution in [0.2, 0.25) is 0 Å². The van der Waals surface area contributed by atoms with E-state index in [1.807, 2.05) is 19.1 Å². The van der Waals surface area contributed by atoms with Gasteiger partial charge in [0.15, 0.2) is 5.69 Å². The summed E-state index contributed by atoms with van der Waals surface area (Å²) in [6.45, 7) is 1.82. The molecule has 1 fully saturated rings. The highest BCUT2D eigenvalue weighted by molar-refractivity contribution is 5.86. The highest BCUT2D eigenvalue weighted by Crippen LogP contribution is 2.30. The molecule has 1 aliphatic carbocycles. The number of ketones is 1. The number of hydrogen-bond donors (Lipinski definition) is 1. The third kappa shape index (κ3) is 5.40. The van der Waals surface area contributed by atoms with E-state index in [1.54, 1.807) is 25.5 Å². The van der Waals surface area contributed by atoms with Crippen LogP contribution in [0.25, 0.3) is 11.3 Å². The van der Waals surface area contributed by atoms with Crippen molar-refractivity contribution in [1.82, 2.24) is 19.9 Å². The molecule has 2 heterocycles. The predicted octanol–water partition coefficient (Wildman–Crippen LogP) is 2.10. The van der Waals surface area contributed by atoms with Crippen LogP contribution in [0.1, 0.15) is 37.6 Å². The number of aromatic nitrogens is 3. The Kier molecular flexibility index (Phi) is 6.88. The summed E-state index contributed by atoms with van der Waals surface area (Å²) in [6, 6.07) is 5.06. The molecule has 9 heteroatoms. The van der Waals surface area contributed by atoms with Crippen LogP contribution in [0.15, 0.2) is 24.7 Å². The molecule has 1 amide bonds. The smallest absolute Gasteiger partial charge is 0.245 e. The number of Topliss-reactive ketones (excluding diaryl/α,β-unsaturated/α-hetero) is 1. The zero-order chi connectivity index (χ0) is 22.4. The number of nitrogens with zero attached hydrogens (tertiary/aromatic N) is 6. The Balaban J connectivity index is 1.79. The summed E-state index contributed by atoms with van der Waals surface area (Å²) in [4.78, 5) is 38.8. The van der Waals surface area contributed by atoms with Crippen LogP contribution in [0.4, 0.5) is 5.69 Å². The Morgan fingerprint density at radius 3 is 2.58 bits per heavy atom. The van der Waals surface area contributed by atoms with E-state index >= 15 is 0 Å². The lowest BCUT2D eigenvalue weighted by molar-refractivity contribution is -0.130. The van der Waals surface area contributed by atoms with Crippen LogP contribution in [0.5, 0.6) is 0 Å². The summed E-state index contributed by atoms with van der Waals surface area (Å²) in [5, 5.41) is 21.3. The molecular weight excluding hydrogens is 394 g/mol. The first kappa shape index (κ1) is 21.8. The first-order valence-electron chi connectivity index (χ1n) is 10.1. The van der Waals surface area contributed by atoms with Crippen molar-refractivity contribution in [3.63, 3.8) is 0 Å². The van der Waals surface area contributed by atoms with E-state index in [0.29, 0.717) is 29.1 Å². The molecule has 0 bridgehead atoms. The number of nitrogens with one attached hydrogen (secondary N) is 1. The van der Waals surface area contributed by atoms with Crippen LogP contribution in [-0.2, 0) is 16.0 Å². The summed E-state index contributed by atoms with van der Waals surface area (Å²) in [7, 11) is 1.56. The molecule has 0 spiro atoms. The van der Waals surface area contributed by atoms with Gasteiger partial charge in [0.1, 0.15) is 24.4 Å². The van der Waals surface area contributed by atoms with E-state index in [-0.39, 0.29) is 36.3 Å². The Morgan fingerprint density at radius 1 is 1.23 bits per heavy atom. The van der Waals surface area contributed by atoms with E-state index < -0.39 is 6.04 Å². The molecule has 0 aliphatic heterocycles. The van der Waals surface area contributed by atoms with Crippen molar-refractivity contribution in [2.45, 2.75) is 38.6 Å². The van der Waals surface area contributed by atoms with Crippen LogP contribution in [0, 0.1) is 28.6 Å². The average Bonchev–Trinajstić information content (AvgIpc) is 3.63. The molecule has 0 aromatic carbocycles. The number of carbonyl (C=O) groups is 2. The lowest BCUT2D eigenvalue weighted by Gasteiger charge is -2.23. The summed E-state index contributed by atoms with van der Waals surface area (Å²) < 4.78 is 0. The van der Waals surface area contributed by atoms with Gasteiger partial charge >= 0.3 is 0 Å². The van der Waals surface area contributed by atoms with Crippen molar-refractivity contribution >= 4 is 17.4 Å². The number of pyridine rings is 1. The van der Waals surface area contributed by atoms with E-state index in [9.17, 15) is 14.9 Å². The van der Waals surface area contributed by atoms with Crippen LogP contribution in [0.3, 0.4) is 0 Å². The quantitative estimate of drug-likeness (QED) is 0.613. The zero-order valence-electron chi connectivity index (χ0n) is 17.5. The Morgan fingerprint density at radius 2 is 2.00 bits per heavy atom. The van der Waals surface area contributed by atoms with Crippen LogP contribution < -0.4 is 5.32 Å². The van der Waals surface area contributed by atoms with Gasteiger partial charge in [-0.3, -0.25) is 19.6 Å². The highest BCUT2D eigenvalue weighted by Gasteiger charge is 2.29. The van der Waals surface area contributed by atoms with Crippen molar-refractivity contribution in [3.8, 4) is 23.4 Å². The summed E-state index contributed by atoms with van der Waals surface area (Å²) in [5.74, 6) is 0.132. The fraction of sp³-hybridized carbons (Fsp3) is 0.409. The average molecular weight is 417 g/mol. The van der Waals surface area contributed by atoms with Crippen molar-refractivity contribution in [2.24, 2.45) is 5.92 Å². The number of amides is 1. The first-order valence-corrected chi connectivity index (χ1v) is 10.1. The standard InChI is InChI=1S/C22H23N7O2/c1-3-17(22(31)29(2)7-6-23)28-18-8-15(11-26-19(18)10-24)20-13-25-16(12-27-20)9-21(30)14-4-5-14/h8,11-14,17,28H,3-5,7,9H2,1-2H3/t17-/m0/s1. The summed E-state index contributed by atoms with van der Waals surface area (Å²) in [6.07, 6.45) is 7.35. The molecule has 2 aromatic heterocycles. The molecule has 31 heavy (non-hydrogen) atoms. The fourth-order valence-corrected chi connectivity index (χ4v) is 3.10. The third-order valence-electron chi connectivity index (χ3n) is 5.10. The van der Waals surface area contributed by atoms with Crippen molar-refractivity contribution < 1.29 is 9.59 Å². The predicted molar refractivity (Wildman–Crippen MR) is 112 cm³/mol. The minimum absolute atomic E-state index is 0.0222. The van der Waals surface area contributed by atoms with Gasteiger partial charge in [-0.2, -0.15) is 10.5 Å². The van der Waals surface area contributed by atoms with E-state index in [2.05, 4.69) is 20.3 Å². The van der Waals surface area contributed by atoms with Crippen molar-refractivity contribution in [2.75, 3.05) is 18.9 Å². The second kappa shape index (κ2) is 9.77. The molecule has 0 radical (unpaired) electrons. The molecular formula is C22H23N7O2. The first-order chi connectivity index (χ1) is 15.0. The Bertz CT molecular complexity index is 1050. The molecule has 1 N–H and O–H groups in total. The van der Waals surface area contributed by atoms with Crippen LogP contribution in [-0.4, -0.2) is 51.2 Å². The molecule has 2 aromatic rings. The zero-order valence-corrected chi connectivity index (χ0v) is 17.5. The molecule has 1 saturated carbocycles. The molecule has 9 nitrogen and oxygen atoms in total. The monoisotopic (exact) mass is 417 g/mol. The molecule has 158 valence electrons. The maximum absolute atomic E-state index is 12.6. The van der Waals surface area contributed by atoms with Gasteiger partial charge in [0.25, 0.3) is 0 Å². The largest absolute Gasteiger partial charge is 0.371 e. The van der Waals surface area contributed by atoms with Gasteiger partial charge in [-0.15, -0.1) is 0 Å². The minimum Gasteiger partial charge on any atom is -0.371 e. The van der Waals surface area contributed by atoms with Gasteiger partial charge in [-0.25, -0.2) is 4.98 Å². The molecule has 1 atom stereocenters. The van der Waals surface area contributed by atoms with Gasteiger partial charge in [0, 0.05) is 30.9 Å². The second-order valence-corrected chi connectivity index (χ2v) is 7.50. The summed E-state index contributed by atoms with van der Waals surface area (Å²) >= 11 is 0. The number of rotatable bonds is 9. The fourth-order valence-electron chi connectivity index (χ4n) is 3.10. The van der Waals surface area contributed by atoms with E-state index in [1.165, 1.54) is 11.1 Å². The molecule has 1 aliphatic rings. The number of likely N-dealkylation sites (N-methyl/N-ethyl adjacent to an activating group) is 1. The Labute approximate surface area is 180 Å². The molecule has 0 unspecified atom stereocenters. The van der Waals surface area contributed by atoms with E-state index in [0.717, 1.165) is 12.8 Å². The van der Waals surface area contributed by atoms with E-state index in [4.69, 9.17) is 5.26 Å². The number of anilines is 1.